The van der Waals surface area contributed by atoms with Crippen LogP contribution in [0.25, 0.3) is 11.3 Å². The number of imidazole rings is 1. The van der Waals surface area contributed by atoms with E-state index in [2.05, 4.69) is 58.8 Å². The summed E-state index contributed by atoms with van der Waals surface area (Å²) in [5.74, 6) is 1.02. The van der Waals surface area contributed by atoms with Crippen molar-refractivity contribution in [3.8, 4) is 11.3 Å². The highest BCUT2D eigenvalue weighted by Crippen LogP contribution is 2.25. The van der Waals surface area contributed by atoms with E-state index in [0.29, 0.717) is 0 Å². The summed E-state index contributed by atoms with van der Waals surface area (Å²) in [7, 11) is 0. The number of hydrogen-bond donors (Lipinski definition) is 1. The molecule has 1 aromatic heterocycles. The number of aromatic amines is 1. The van der Waals surface area contributed by atoms with Gasteiger partial charge >= 0.3 is 0 Å². The Morgan fingerprint density at radius 1 is 1.25 bits per heavy atom. The van der Waals surface area contributed by atoms with Crippen LogP contribution >= 0.6 is 15.9 Å². The first-order chi connectivity index (χ1) is 7.47. The number of rotatable bonds is 1. The molecular formula is C13H15BrN2. The summed E-state index contributed by atoms with van der Waals surface area (Å²) in [5.41, 5.74) is 2.27. The van der Waals surface area contributed by atoms with E-state index in [9.17, 15) is 0 Å². The average molecular weight is 279 g/mol. The molecule has 3 heteroatoms. The molecule has 0 spiro atoms. The van der Waals surface area contributed by atoms with Gasteiger partial charge in [0.15, 0.2) is 0 Å². The van der Waals surface area contributed by atoms with E-state index >= 15 is 0 Å². The monoisotopic (exact) mass is 278 g/mol. The second kappa shape index (κ2) is 4.06. The molecule has 1 N–H and O–H groups in total. The van der Waals surface area contributed by atoms with Crippen LogP contribution in [0.5, 0.6) is 0 Å². The van der Waals surface area contributed by atoms with Crippen LogP contribution in [0.3, 0.4) is 0 Å². The number of benzene rings is 1. The minimum atomic E-state index is 0.0598. The number of nitrogens with zero attached hydrogens (tertiary/aromatic N) is 1. The second-order valence-electron chi connectivity index (χ2n) is 4.91. The van der Waals surface area contributed by atoms with Crippen LogP contribution in [0.4, 0.5) is 0 Å². The molecule has 0 saturated heterocycles. The third-order valence-electron chi connectivity index (χ3n) is 2.42. The van der Waals surface area contributed by atoms with Gasteiger partial charge in [-0.2, -0.15) is 0 Å². The maximum atomic E-state index is 4.42. The summed E-state index contributed by atoms with van der Waals surface area (Å²) >= 11 is 3.47. The number of aromatic nitrogens is 2. The third kappa shape index (κ3) is 2.35. The van der Waals surface area contributed by atoms with Gasteiger partial charge in [-0.05, 0) is 12.1 Å². The molecule has 16 heavy (non-hydrogen) atoms. The van der Waals surface area contributed by atoms with E-state index in [1.165, 1.54) is 0 Å². The molecule has 0 atom stereocenters. The van der Waals surface area contributed by atoms with Crippen molar-refractivity contribution in [3.63, 3.8) is 0 Å². The zero-order chi connectivity index (χ0) is 11.8. The lowest BCUT2D eigenvalue weighted by Crippen LogP contribution is -2.13. The Balaban J connectivity index is 2.39. The van der Waals surface area contributed by atoms with Crippen LogP contribution in [0.1, 0.15) is 26.6 Å². The lowest BCUT2D eigenvalue weighted by Gasteiger charge is -2.14. The number of H-pyrrole nitrogens is 1. The Hall–Kier alpha value is -1.09. The van der Waals surface area contributed by atoms with Crippen LogP contribution in [-0.2, 0) is 5.41 Å². The van der Waals surface area contributed by atoms with E-state index in [1.54, 1.807) is 0 Å². The van der Waals surface area contributed by atoms with E-state index in [-0.39, 0.29) is 5.41 Å². The minimum Gasteiger partial charge on any atom is -0.342 e. The summed E-state index contributed by atoms with van der Waals surface area (Å²) < 4.78 is 1.08. The molecule has 0 amide bonds. The van der Waals surface area contributed by atoms with Gasteiger partial charge in [0.25, 0.3) is 0 Å². The fourth-order valence-corrected chi connectivity index (χ4v) is 1.90. The standard InChI is InChI=1S/C13H15BrN2/c1-13(2,3)12-15-8-11(16-12)9-5-4-6-10(14)7-9/h4-8H,1-3H3,(H,15,16). The fraction of sp³-hybridized carbons (Fsp3) is 0.308. The van der Waals surface area contributed by atoms with Gasteiger partial charge in [-0.15, -0.1) is 0 Å². The highest BCUT2D eigenvalue weighted by atomic mass is 79.9. The van der Waals surface area contributed by atoms with Crippen molar-refractivity contribution in [2.45, 2.75) is 26.2 Å². The van der Waals surface area contributed by atoms with Crippen LogP contribution in [0, 0.1) is 0 Å². The maximum Gasteiger partial charge on any atom is 0.111 e. The highest BCUT2D eigenvalue weighted by molar-refractivity contribution is 9.10. The van der Waals surface area contributed by atoms with E-state index < -0.39 is 0 Å². The van der Waals surface area contributed by atoms with E-state index in [1.807, 2.05) is 18.3 Å². The summed E-state index contributed by atoms with van der Waals surface area (Å²) in [6.07, 6.45) is 1.89. The van der Waals surface area contributed by atoms with Gasteiger partial charge in [-0.25, -0.2) is 4.98 Å². The largest absolute Gasteiger partial charge is 0.342 e. The molecule has 1 heterocycles. The Labute approximate surface area is 104 Å². The van der Waals surface area contributed by atoms with Gasteiger partial charge in [0.05, 0.1) is 11.9 Å². The van der Waals surface area contributed by atoms with Crippen molar-refractivity contribution in [3.05, 3.63) is 40.8 Å². The average Bonchev–Trinajstić information content (AvgIpc) is 2.65. The zero-order valence-electron chi connectivity index (χ0n) is 9.71. The zero-order valence-corrected chi connectivity index (χ0v) is 11.3. The Morgan fingerprint density at radius 3 is 2.56 bits per heavy atom. The van der Waals surface area contributed by atoms with Gasteiger partial charge in [0, 0.05) is 15.5 Å². The summed E-state index contributed by atoms with van der Waals surface area (Å²) in [5, 5.41) is 0. The van der Waals surface area contributed by atoms with Crippen molar-refractivity contribution >= 4 is 15.9 Å². The lowest BCUT2D eigenvalue weighted by molar-refractivity contribution is 0.553. The summed E-state index contributed by atoms with van der Waals surface area (Å²) in [6, 6.07) is 8.20. The van der Waals surface area contributed by atoms with Crippen molar-refractivity contribution < 1.29 is 0 Å². The molecule has 84 valence electrons. The predicted molar refractivity (Wildman–Crippen MR) is 70.4 cm³/mol. The molecule has 0 aliphatic carbocycles. The molecule has 1 aromatic carbocycles. The number of nitrogens with one attached hydrogen (secondary N) is 1. The number of hydrogen-bond acceptors (Lipinski definition) is 1. The molecule has 0 fully saturated rings. The quantitative estimate of drug-likeness (QED) is 0.835. The summed E-state index contributed by atoms with van der Waals surface area (Å²) in [6.45, 7) is 6.45. The molecular weight excluding hydrogens is 264 g/mol. The molecule has 0 radical (unpaired) electrons. The Kier molecular flexibility index (Phi) is 2.89. The Morgan fingerprint density at radius 2 is 2.00 bits per heavy atom. The molecule has 0 aliphatic rings. The van der Waals surface area contributed by atoms with Crippen LogP contribution < -0.4 is 0 Å². The third-order valence-corrected chi connectivity index (χ3v) is 2.92. The molecule has 0 saturated carbocycles. The van der Waals surface area contributed by atoms with Crippen LogP contribution in [0.15, 0.2) is 34.9 Å². The first-order valence-corrected chi connectivity index (χ1v) is 6.07. The molecule has 0 bridgehead atoms. The van der Waals surface area contributed by atoms with E-state index in [4.69, 9.17) is 0 Å². The molecule has 2 rings (SSSR count). The van der Waals surface area contributed by atoms with Gasteiger partial charge < -0.3 is 4.98 Å². The van der Waals surface area contributed by atoms with Crippen molar-refractivity contribution in [1.29, 1.82) is 0 Å². The Bertz CT molecular complexity index is 495. The van der Waals surface area contributed by atoms with Crippen LogP contribution in [0.2, 0.25) is 0 Å². The van der Waals surface area contributed by atoms with E-state index in [0.717, 1.165) is 21.6 Å². The minimum absolute atomic E-state index is 0.0598. The molecule has 2 aromatic rings. The first-order valence-electron chi connectivity index (χ1n) is 5.28. The molecule has 0 aliphatic heterocycles. The normalized spacial score (nSPS) is 11.8. The van der Waals surface area contributed by atoms with Crippen molar-refractivity contribution in [2.75, 3.05) is 0 Å². The van der Waals surface area contributed by atoms with Crippen molar-refractivity contribution in [1.82, 2.24) is 9.97 Å². The smallest absolute Gasteiger partial charge is 0.111 e. The highest BCUT2D eigenvalue weighted by Gasteiger charge is 2.17. The van der Waals surface area contributed by atoms with Gasteiger partial charge in [0.2, 0.25) is 0 Å². The molecule has 2 nitrogen and oxygen atoms in total. The van der Waals surface area contributed by atoms with Gasteiger partial charge in [0.1, 0.15) is 5.82 Å². The first kappa shape index (κ1) is 11.4. The predicted octanol–water partition coefficient (Wildman–Crippen LogP) is 4.14. The lowest BCUT2D eigenvalue weighted by atomic mass is 9.96. The maximum absolute atomic E-state index is 4.42. The van der Waals surface area contributed by atoms with Gasteiger partial charge in [-0.1, -0.05) is 48.8 Å². The van der Waals surface area contributed by atoms with Crippen molar-refractivity contribution in [2.24, 2.45) is 0 Å². The topological polar surface area (TPSA) is 28.7 Å². The number of halogens is 1. The SMILES string of the molecule is CC(C)(C)c1ncc(-c2cccc(Br)c2)[nH]1. The fourth-order valence-electron chi connectivity index (χ4n) is 1.51. The van der Waals surface area contributed by atoms with Gasteiger partial charge in [-0.3, -0.25) is 0 Å². The van der Waals surface area contributed by atoms with Crippen LogP contribution in [-0.4, -0.2) is 9.97 Å². The summed E-state index contributed by atoms with van der Waals surface area (Å²) in [4.78, 5) is 7.79. The second-order valence-corrected chi connectivity index (χ2v) is 5.82. The molecule has 0 unspecified atom stereocenters.